The summed E-state index contributed by atoms with van der Waals surface area (Å²) in [6.45, 7) is 0. The molecule has 18 heavy (non-hydrogen) atoms. The summed E-state index contributed by atoms with van der Waals surface area (Å²) in [5.41, 5.74) is 12.3. The van der Waals surface area contributed by atoms with E-state index in [-0.39, 0.29) is 18.2 Å². The molecular weight excluding hydrogens is 242 g/mol. The molecule has 0 saturated heterocycles. The van der Waals surface area contributed by atoms with E-state index >= 15 is 0 Å². The maximum Gasteiger partial charge on any atom is 0.257 e. The van der Waals surface area contributed by atoms with Crippen LogP contribution in [0, 0.1) is 0 Å². The topological polar surface area (TPSA) is 106 Å². The number of nitrogen functional groups attached to an aromatic ring is 2. The summed E-state index contributed by atoms with van der Waals surface area (Å²) in [4.78, 5) is 7.59. The molecule has 1 aliphatic carbocycles. The van der Waals surface area contributed by atoms with Crippen LogP contribution in [0.5, 0.6) is 0 Å². The van der Waals surface area contributed by atoms with Crippen LogP contribution in [0.3, 0.4) is 0 Å². The van der Waals surface area contributed by atoms with Crippen molar-refractivity contribution in [3.63, 3.8) is 0 Å². The minimum absolute atomic E-state index is 0.0562. The number of alkyl halides is 2. The number of aromatic amines is 1. The van der Waals surface area contributed by atoms with Crippen molar-refractivity contribution in [3.8, 4) is 11.3 Å². The van der Waals surface area contributed by atoms with E-state index in [0.717, 1.165) is 0 Å². The maximum absolute atomic E-state index is 12.9. The van der Waals surface area contributed by atoms with E-state index in [4.69, 9.17) is 11.5 Å². The molecule has 0 bridgehead atoms. The van der Waals surface area contributed by atoms with Crippen molar-refractivity contribution in [2.75, 3.05) is 11.5 Å². The Morgan fingerprint density at radius 3 is 2.72 bits per heavy atom. The third-order valence-corrected chi connectivity index (χ3v) is 2.91. The highest BCUT2D eigenvalue weighted by Gasteiger charge is 2.58. The second-order valence-electron chi connectivity index (χ2n) is 4.25. The highest BCUT2D eigenvalue weighted by atomic mass is 19.3. The number of H-pyrrole nitrogens is 1. The summed E-state index contributed by atoms with van der Waals surface area (Å²) in [7, 11) is 0. The molecule has 0 unspecified atom stereocenters. The molecular formula is C10H10F2N6. The Kier molecular flexibility index (Phi) is 2.04. The van der Waals surface area contributed by atoms with Crippen molar-refractivity contribution in [3.05, 3.63) is 18.0 Å². The van der Waals surface area contributed by atoms with Gasteiger partial charge in [-0.25, -0.2) is 13.8 Å². The van der Waals surface area contributed by atoms with E-state index in [1.54, 1.807) is 0 Å². The number of anilines is 2. The predicted molar refractivity (Wildman–Crippen MR) is 60.7 cm³/mol. The van der Waals surface area contributed by atoms with Crippen molar-refractivity contribution in [1.29, 1.82) is 0 Å². The number of hydrogen-bond donors (Lipinski definition) is 3. The summed E-state index contributed by atoms with van der Waals surface area (Å²) < 4.78 is 25.8. The molecule has 0 aromatic carbocycles. The van der Waals surface area contributed by atoms with Crippen LogP contribution in [0.1, 0.15) is 18.0 Å². The van der Waals surface area contributed by atoms with Crippen LogP contribution in [0.15, 0.2) is 12.3 Å². The fourth-order valence-corrected chi connectivity index (χ4v) is 1.81. The first-order chi connectivity index (χ1) is 8.47. The average molecular weight is 252 g/mol. The van der Waals surface area contributed by atoms with Gasteiger partial charge in [0.05, 0.1) is 17.2 Å². The standard InChI is InChI=1S/C10H10F2N6/c11-10(12)2-5(10)7-1-6(17-18-7)4-3-15-9(14)16-8(4)13/h1,3,5H,2H2,(H,17,18)(H4,13,14,15,16)/t5-/m1/s1. The van der Waals surface area contributed by atoms with Crippen molar-refractivity contribution >= 4 is 11.8 Å². The van der Waals surface area contributed by atoms with Gasteiger partial charge in [-0.1, -0.05) is 0 Å². The molecule has 1 aliphatic rings. The van der Waals surface area contributed by atoms with Gasteiger partial charge >= 0.3 is 0 Å². The fraction of sp³-hybridized carbons (Fsp3) is 0.300. The van der Waals surface area contributed by atoms with Crippen molar-refractivity contribution < 1.29 is 8.78 Å². The quantitative estimate of drug-likeness (QED) is 0.743. The summed E-state index contributed by atoms with van der Waals surface area (Å²) in [5, 5.41) is 6.54. The largest absolute Gasteiger partial charge is 0.383 e. The Morgan fingerprint density at radius 2 is 2.11 bits per heavy atom. The van der Waals surface area contributed by atoms with Crippen LogP contribution in [-0.4, -0.2) is 26.1 Å². The van der Waals surface area contributed by atoms with Gasteiger partial charge in [0.25, 0.3) is 5.92 Å². The van der Waals surface area contributed by atoms with Crippen LogP contribution in [0.2, 0.25) is 0 Å². The van der Waals surface area contributed by atoms with Gasteiger partial charge in [0.1, 0.15) is 5.82 Å². The fourth-order valence-electron chi connectivity index (χ4n) is 1.81. The molecule has 1 saturated carbocycles. The Labute approximate surface area is 100 Å². The Hall–Kier alpha value is -2.25. The second-order valence-corrected chi connectivity index (χ2v) is 4.25. The summed E-state index contributed by atoms with van der Waals surface area (Å²) in [5.74, 6) is -3.19. The normalized spacial score (nSPS) is 20.9. The number of nitrogens with two attached hydrogens (primary N) is 2. The van der Waals surface area contributed by atoms with Gasteiger partial charge in [0.2, 0.25) is 5.95 Å². The number of nitrogens with one attached hydrogen (secondary N) is 1. The van der Waals surface area contributed by atoms with Gasteiger partial charge in [-0.15, -0.1) is 0 Å². The van der Waals surface area contributed by atoms with Crippen LogP contribution in [0.4, 0.5) is 20.5 Å². The van der Waals surface area contributed by atoms with Crippen LogP contribution in [0.25, 0.3) is 11.3 Å². The monoisotopic (exact) mass is 252 g/mol. The van der Waals surface area contributed by atoms with Crippen molar-refractivity contribution in [1.82, 2.24) is 20.2 Å². The van der Waals surface area contributed by atoms with Crippen LogP contribution >= 0.6 is 0 Å². The van der Waals surface area contributed by atoms with E-state index in [1.807, 2.05) is 0 Å². The molecule has 8 heteroatoms. The first kappa shape index (κ1) is 10.9. The Balaban J connectivity index is 1.94. The lowest BCUT2D eigenvalue weighted by Crippen LogP contribution is -2.01. The first-order valence-corrected chi connectivity index (χ1v) is 5.29. The summed E-state index contributed by atoms with van der Waals surface area (Å²) in [6, 6.07) is 1.54. The molecule has 2 aromatic rings. The van der Waals surface area contributed by atoms with E-state index in [9.17, 15) is 8.78 Å². The lowest BCUT2D eigenvalue weighted by molar-refractivity contribution is 0.111. The minimum atomic E-state index is -2.63. The molecule has 3 rings (SSSR count). The summed E-state index contributed by atoms with van der Waals surface area (Å²) >= 11 is 0. The van der Waals surface area contributed by atoms with E-state index in [1.165, 1.54) is 12.3 Å². The van der Waals surface area contributed by atoms with Gasteiger partial charge in [-0.2, -0.15) is 10.1 Å². The molecule has 5 N–H and O–H groups in total. The molecule has 1 fully saturated rings. The molecule has 0 spiro atoms. The third-order valence-electron chi connectivity index (χ3n) is 2.91. The predicted octanol–water partition coefficient (Wildman–Crippen LogP) is 1.15. The molecule has 2 aromatic heterocycles. The van der Waals surface area contributed by atoms with E-state index in [0.29, 0.717) is 17.0 Å². The van der Waals surface area contributed by atoms with Gasteiger partial charge < -0.3 is 11.5 Å². The molecule has 1 atom stereocenters. The van der Waals surface area contributed by atoms with Crippen LogP contribution < -0.4 is 11.5 Å². The van der Waals surface area contributed by atoms with Gasteiger partial charge in [-0.05, 0) is 6.07 Å². The van der Waals surface area contributed by atoms with Gasteiger partial charge in [-0.3, -0.25) is 5.10 Å². The zero-order valence-electron chi connectivity index (χ0n) is 9.19. The Morgan fingerprint density at radius 1 is 1.39 bits per heavy atom. The van der Waals surface area contributed by atoms with Crippen molar-refractivity contribution in [2.45, 2.75) is 18.3 Å². The summed E-state index contributed by atoms with van der Waals surface area (Å²) in [6.07, 6.45) is 1.27. The number of aromatic nitrogens is 4. The first-order valence-electron chi connectivity index (χ1n) is 5.29. The molecule has 0 radical (unpaired) electrons. The van der Waals surface area contributed by atoms with Crippen LogP contribution in [-0.2, 0) is 0 Å². The lowest BCUT2D eigenvalue weighted by Gasteiger charge is -2.00. The highest BCUT2D eigenvalue weighted by Crippen LogP contribution is 2.55. The van der Waals surface area contributed by atoms with Crippen molar-refractivity contribution in [2.24, 2.45) is 0 Å². The lowest BCUT2D eigenvalue weighted by atomic mass is 10.2. The zero-order chi connectivity index (χ0) is 12.9. The molecule has 0 aliphatic heterocycles. The molecule has 0 amide bonds. The molecule has 2 heterocycles. The smallest absolute Gasteiger partial charge is 0.257 e. The third kappa shape index (κ3) is 1.66. The van der Waals surface area contributed by atoms with E-state index in [2.05, 4.69) is 20.2 Å². The maximum atomic E-state index is 12.9. The molecule has 6 nitrogen and oxygen atoms in total. The number of hydrogen-bond acceptors (Lipinski definition) is 5. The van der Waals surface area contributed by atoms with E-state index < -0.39 is 11.8 Å². The zero-order valence-corrected chi connectivity index (χ0v) is 9.19. The number of rotatable bonds is 2. The molecule has 94 valence electrons. The Bertz CT molecular complexity index is 608. The minimum Gasteiger partial charge on any atom is -0.383 e. The highest BCUT2D eigenvalue weighted by molar-refractivity contribution is 5.70. The SMILES string of the molecule is Nc1ncc(-c2cc([C@H]3CC3(F)F)[nH]n2)c(N)n1. The second kappa shape index (κ2) is 3.37. The number of halogens is 2. The van der Waals surface area contributed by atoms with Gasteiger partial charge in [0, 0.05) is 18.3 Å². The number of nitrogens with zero attached hydrogens (tertiary/aromatic N) is 3. The average Bonchev–Trinajstić information content (AvgIpc) is 2.74. The van der Waals surface area contributed by atoms with Gasteiger partial charge in [0.15, 0.2) is 0 Å².